The van der Waals surface area contributed by atoms with Crippen LogP contribution in [0.25, 0.3) is 0 Å². The molecule has 3 rings (SSSR count). The van der Waals surface area contributed by atoms with Crippen LogP contribution in [0.5, 0.6) is 0 Å². The number of aryl methyl sites for hydroxylation is 2. The van der Waals surface area contributed by atoms with Crippen LogP contribution in [-0.4, -0.2) is 14.7 Å². The van der Waals surface area contributed by atoms with Gasteiger partial charge in [0.05, 0.1) is 11.9 Å². The van der Waals surface area contributed by atoms with Crippen molar-refractivity contribution in [1.82, 2.24) is 9.55 Å². The minimum Gasteiger partial charge on any atom is -0.382 e. The van der Waals surface area contributed by atoms with Crippen molar-refractivity contribution in [3.63, 3.8) is 0 Å². The van der Waals surface area contributed by atoms with E-state index in [1.807, 2.05) is 56.3 Å². The van der Waals surface area contributed by atoms with Crippen molar-refractivity contribution in [3.05, 3.63) is 89.0 Å². The first kappa shape index (κ1) is 14.5. The molecule has 0 fully saturated rings. The van der Waals surface area contributed by atoms with E-state index in [0.29, 0.717) is 6.54 Å². The van der Waals surface area contributed by atoms with E-state index >= 15 is 0 Å². The Morgan fingerprint density at radius 1 is 1.00 bits per heavy atom. The summed E-state index contributed by atoms with van der Waals surface area (Å²) in [6, 6.07) is 18.2. The van der Waals surface area contributed by atoms with Gasteiger partial charge in [0.1, 0.15) is 11.9 Å². The lowest BCUT2D eigenvalue weighted by atomic mass is 10.1. The third kappa shape index (κ3) is 2.95. The molecule has 3 nitrogen and oxygen atoms in total. The summed E-state index contributed by atoms with van der Waals surface area (Å²) in [6.07, 6.45) is 1.11. The molecule has 0 aliphatic rings. The maximum absolute atomic E-state index is 10.7. The van der Waals surface area contributed by atoms with Gasteiger partial charge in [-0.25, -0.2) is 4.98 Å². The molecule has 0 saturated heterocycles. The second kappa shape index (κ2) is 6.16. The van der Waals surface area contributed by atoms with E-state index in [9.17, 15) is 5.11 Å². The van der Waals surface area contributed by atoms with Crippen molar-refractivity contribution in [2.24, 2.45) is 0 Å². The zero-order chi connectivity index (χ0) is 15.5. The number of imidazole rings is 1. The van der Waals surface area contributed by atoms with Crippen molar-refractivity contribution in [3.8, 4) is 0 Å². The third-order valence-corrected chi connectivity index (χ3v) is 3.94. The summed E-state index contributed by atoms with van der Waals surface area (Å²) in [5.74, 6) is 0.907. The average molecular weight is 292 g/mol. The standard InChI is InChI=1S/C19H20N2O/c1-14-8-10-17(11-9-14)19(22)18-12-20-15(2)21(18)13-16-6-4-3-5-7-16/h3-12,19,22H,13H2,1-2H3/t19-/m0/s1. The first-order chi connectivity index (χ1) is 10.6. The third-order valence-electron chi connectivity index (χ3n) is 3.94. The van der Waals surface area contributed by atoms with E-state index in [-0.39, 0.29) is 0 Å². The van der Waals surface area contributed by atoms with Crippen LogP contribution in [0.4, 0.5) is 0 Å². The van der Waals surface area contributed by atoms with E-state index in [1.54, 1.807) is 6.20 Å². The summed E-state index contributed by atoms with van der Waals surface area (Å²) in [4.78, 5) is 4.38. The Labute approximate surface area is 130 Å². The molecule has 1 N–H and O–H groups in total. The van der Waals surface area contributed by atoms with E-state index < -0.39 is 6.10 Å². The van der Waals surface area contributed by atoms with Gasteiger partial charge in [0, 0.05) is 6.54 Å². The summed E-state index contributed by atoms with van der Waals surface area (Å²) >= 11 is 0. The second-order valence-electron chi connectivity index (χ2n) is 5.62. The summed E-state index contributed by atoms with van der Waals surface area (Å²) in [7, 11) is 0. The highest BCUT2D eigenvalue weighted by Gasteiger charge is 2.17. The molecule has 1 atom stereocenters. The lowest BCUT2D eigenvalue weighted by Gasteiger charge is -2.16. The Morgan fingerprint density at radius 3 is 2.36 bits per heavy atom. The Hall–Kier alpha value is -2.39. The molecule has 0 bridgehead atoms. The molecule has 0 aliphatic carbocycles. The van der Waals surface area contributed by atoms with E-state index in [2.05, 4.69) is 21.7 Å². The number of aliphatic hydroxyl groups excluding tert-OH is 1. The zero-order valence-corrected chi connectivity index (χ0v) is 12.9. The number of benzene rings is 2. The van der Waals surface area contributed by atoms with Crippen LogP contribution in [0.3, 0.4) is 0 Å². The Kier molecular flexibility index (Phi) is 4.07. The molecule has 1 heterocycles. The molecule has 22 heavy (non-hydrogen) atoms. The van der Waals surface area contributed by atoms with Gasteiger partial charge in [0.15, 0.2) is 0 Å². The molecule has 2 aromatic carbocycles. The van der Waals surface area contributed by atoms with Gasteiger partial charge in [-0.05, 0) is 25.0 Å². The maximum atomic E-state index is 10.7. The highest BCUT2D eigenvalue weighted by Crippen LogP contribution is 2.24. The van der Waals surface area contributed by atoms with Crippen molar-refractivity contribution >= 4 is 0 Å². The van der Waals surface area contributed by atoms with Gasteiger partial charge in [-0.2, -0.15) is 0 Å². The van der Waals surface area contributed by atoms with Gasteiger partial charge in [0.2, 0.25) is 0 Å². The summed E-state index contributed by atoms with van der Waals surface area (Å²) in [5, 5.41) is 10.7. The molecule has 0 radical (unpaired) electrons. The fraction of sp³-hybridized carbons (Fsp3) is 0.211. The molecular weight excluding hydrogens is 272 g/mol. The summed E-state index contributed by atoms with van der Waals surface area (Å²) in [6.45, 7) is 4.72. The van der Waals surface area contributed by atoms with Crippen LogP contribution in [-0.2, 0) is 6.54 Å². The van der Waals surface area contributed by atoms with E-state index in [4.69, 9.17) is 0 Å². The topological polar surface area (TPSA) is 38.1 Å². The Balaban J connectivity index is 1.93. The van der Waals surface area contributed by atoms with Crippen LogP contribution >= 0.6 is 0 Å². The van der Waals surface area contributed by atoms with Gasteiger partial charge in [-0.15, -0.1) is 0 Å². The van der Waals surface area contributed by atoms with Crippen LogP contribution < -0.4 is 0 Å². The van der Waals surface area contributed by atoms with Crippen LogP contribution in [0, 0.1) is 13.8 Å². The summed E-state index contributed by atoms with van der Waals surface area (Å²) < 4.78 is 2.07. The number of hydrogen-bond acceptors (Lipinski definition) is 2. The van der Waals surface area contributed by atoms with Crippen molar-refractivity contribution < 1.29 is 5.11 Å². The predicted octanol–water partition coefficient (Wildman–Crippen LogP) is 3.63. The molecule has 0 saturated carbocycles. The molecule has 0 aliphatic heterocycles. The Morgan fingerprint density at radius 2 is 1.68 bits per heavy atom. The van der Waals surface area contributed by atoms with Crippen LogP contribution in [0.2, 0.25) is 0 Å². The molecule has 0 unspecified atom stereocenters. The SMILES string of the molecule is Cc1ccc([C@H](O)c2cnc(C)n2Cc2ccccc2)cc1. The molecule has 1 aromatic heterocycles. The number of nitrogens with zero attached hydrogens (tertiary/aromatic N) is 2. The summed E-state index contributed by atoms with van der Waals surface area (Å²) in [5.41, 5.74) is 4.09. The van der Waals surface area contributed by atoms with Crippen molar-refractivity contribution in [1.29, 1.82) is 0 Å². The predicted molar refractivity (Wildman–Crippen MR) is 87.7 cm³/mol. The van der Waals surface area contributed by atoms with E-state index in [0.717, 1.165) is 17.1 Å². The minimum atomic E-state index is -0.662. The lowest BCUT2D eigenvalue weighted by Crippen LogP contribution is -2.11. The minimum absolute atomic E-state index is 0.662. The van der Waals surface area contributed by atoms with Gasteiger partial charge in [0.25, 0.3) is 0 Å². The number of hydrogen-bond donors (Lipinski definition) is 1. The fourth-order valence-corrected chi connectivity index (χ4v) is 2.60. The first-order valence-electron chi connectivity index (χ1n) is 7.46. The molecule has 3 aromatic rings. The van der Waals surface area contributed by atoms with Crippen molar-refractivity contribution in [2.45, 2.75) is 26.5 Å². The molecule has 0 amide bonds. The fourth-order valence-electron chi connectivity index (χ4n) is 2.60. The number of aliphatic hydroxyl groups is 1. The highest BCUT2D eigenvalue weighted by atomic mass is 16.3. The maximum Gasteiger partial charge on any atom is 0.121 e. The zero-order valence-electron chi connectivity index (χ0n) is 12.9. The van der Waals surface area contributed by atoms with Gasteiger partial charge in [-0.3, -0.25) is 0 Å². The van der Waals surface area contributed by atoms with Crippen molar-refractivity contribution in [2.75, 3.05) is 0 Å². The number of rotatable bonds is 4. The normalized spacial score (nSPS) is 12.3. The number of aromatic nitrogens is 2. The van der Waals surface area contributed by atoms with Gasteiger partial charge in [-0.1, -0.05) is 60.2 Å². The average Bonchev–Trinajstić information content (AvgIpc) is 2.89. The molecule has 112 valence electrons. The Bertz CT molecular complexity index is 745. The van der Waals surface area contributed by atoms with E-state index in [1.165, 1.54) is 11.1 Å². The smallest absolute Gasteiger partial charge is 0.121 e. The first-order valence-corrected chi connectivity index (χ1v) is 7.46. The second-order valence-corrected chi connectivity index (χ2v) is 5.62. The van der Waals surface area contributed by atoms with Gasteiger partial charge < -0.3 is 9.67 Å². The highest BCUT2D eigenvalue weighted by molar-refractivity contribution is 5.29. The van der Waals surface area contributed by atoms with Crippen LogP contribution in [0.15, 0.2) is 60.8 Å². The van der Waals surface area contributed by atoms with Crippen LogP contribution in [0.1, 0.15) is 34.3 Å². The quantitative estimate of drug-likeness (QED) is 0.797. The lowest BCUT2D eigenvalue weighted by molar-refractivity contribution is 0.210. The largest absolute Gasteiger partial charge is 0.382 e. The molecular formula is C19H20N2O. The molecule has 3 heteroatoms. The molecule has 0 spiro atoms. The van der Waals surface area contributed by atoms with Gasteiger partial charge >= 0.3 is 0 Å². The monoisotopic (exact) mass is 292 g/mol.